The average molecular weight is 385 g/mol. The Hall–Kier alpha value is -2.16. The summed E-state index contributed by atoms with van der Waals surface area (Å²) in [5.74, 6) is -1.11. The highest BCUT2D eigenvalue weighted by Gasteiger charge is 2.44. The van der Waals surface area contributed by atoms with Crippen LogP contribution in [0, 0.1) is 5.82 Å². The minimum atomic E-state index is -3.69. The van der Waals surface area contributed by atoms with Crippen LogP contribution in [0.5, 0.6) is 0 Å². The lowest BCUT2D eigenvalue weighted by molar-refractivity contribution is 0.0562. The maximum atomic E-state index is 14.3. The number of ether oxygens (including phenoxy) is 1. The fourth-order valence-electron chi connectivity index (χ4n) is 2.71. The molecule has 0 radical (unpaired) electrons. The van der Waals surface area contributed by atoms with Crippen molar-refractivity contribution in [2.45, 2.75) is 51.0 Å². The summed E-state index contributed by atoms with van der Waals surface area (Å²) in [5.41, 5.74) is 3.88. The van der Waals surface area contributed by atoms with Gasteiger partial charge in [0.15, 0.2) is 9.84 Å². The van der Waals surface area contributed by atoms with Gasteiger partial charge in [0.25, 0.3) is 0 Å². The molecule has 9 heteroatoms. The first-order chi connectivity index (χ1) is 11.7. The molecule has 0 aromatic heterocycles. The van der Waals surface area contributed by atoms with Crippen LogP contribution in [0.1, 0.15) is 40.2 Å². The van der Waals surface area contributed by atoms with Crippen LogP contribution >= 0.6 is 0 Å². The van der Waals surface area contributed by atoms with Gasteiger partial charge in [-0.25, -0.2) is 17.6 Å². The molecule has 2 atom stereocenters. The maximum absolute atomic E-state index is 14.3. The zero-order chi connectivity index (χ0) is 19.9. The molecular formula is C17H24FN3O4S. The quantitative estimate of drug-likeness (QED) is 0.721. The van der Waals surface area contributed by atoms with Crippen molar-refractivity contribution in [3.8, 4) is 0 Å². The van der Waals surface area contributed by atoms with Gasteiger partial charge in [-0.2, -0.15) is 0 Å². The fraction of sp³-hybridized carbons (Fsp3) is 0.529. The van der Waals surface area contributed by atoms with Gasteiger partial charge in [-0.15, -0.1) is 0 Å². The summed E-state index contributed by atoms with van der Waals surface area (Å²) in [6, 6.07) is 3.90. The molecule has 0 aliphatic carbocycles. The van der Waals surface area contributed by atoms with E-state index in [-0.39, 0.29) is 17.1 Å². The first-order valence-corrected chi connectivity index (χ1v) is 9.82. The van der Waals surface area contributed by atoms with Crippen molar-refractivity contribution in [2.75, 3.05) is 11.5 Å². The normalized spacial score (nSPS) is 25.3. The highest BCUT2D eigenvalue weighted by Crippen LogP contribution is 2.35. The minimum absolute atomic E-state index is 0.0523. The number of benzene rings is 1. The van der Waals surface area contributed by atoms with Crippen LogP contribution in [0.3, 0.4) is 0 Å². The number of hydrogen-bond acceptors (Lipinski definition) is 6. The number of amidine groups is 1. The van der Waals surface area contributed by atoms with Crippen LogP contribution in [-0.2, 0) is 20.1 Å². The highest BCUT2D eigenvalue weighted by atomic mass is 32.2. The lowest BCUT2D eigenvalue weighted by atomic mass is 9.93. The van der Waals surface area contributed by atoms with E-state index in [1.165, 1.54) is 26.0 Å². The Morgan fingerprint density at radius 2 is 2.04 bits per heavy atom. The topological polar surface area (TPSA) is 111 Å². The molecule has 2 rings (SSSR count). The Labute approximate surface area is 152 Å². The number of alkyl carbamates (subject to hydrolysis) is 1. The summed E-state index contributed by atoms with van der Waals surface area (Å²) in [7, 11) is -3.69. The third-order valence-corrected chi connectivity index (χ3v) is 6.24. The zero-order valence-corrected chi connectivity index (χ0v) is 16.3. The molecule has 0 saturated carbocycles. The molecule has 0 bridgehead atoms. The monoisotopic (exact) mass is 385 g/mol. The van der Waals surface area contributed by atoms with Gasteiger partial charge < -0.3 is 10.5 Å². The van der Waals surface area contributed by atoms with Crippen molar-refractivity contribution in [3.05, 3.63) is 29.6 Å². The number of sulfone groups is 1. The van der Waals surface area contributed by atoms with Crippen LogP contribution in [0.2, 0.25) is 0 Å². The molecule has 26 heavy (non-hydrogen) atoms. The maximum Gasteiger partial charge on any atom is 0.413 e. The van der Waals surface area contributed by atoms with E-state index in [2.05, 4.69) is 10.3 Å². The Balaban J connectivity index is 2.49. The van der Waals surface area contributed by atoms with Crippen molar-refractivity contribution in [1.82, 2.24) is 5.32 Å². The Bertz CT molecular complexity index is 861. The largest absolute Gasteiger partial charge is 0.444 e. The molecule has 3 N–H and O–H groups in total. The molecule has 1 aliphatic rings. The molecule has 1 heterocycles. The van der Waals surface area contributed by atoms with Gasteiger partial charge >= 0.3 is 6.09 Å². The van der Waals surface area contributed by atoms with E-state index in [1.54, 1.807) is 20.8 Å². The van der Waals surface area contributed by atoms with E-state index in [1.807, 2.05) is 0 Å². The number of nitrogens with zero attached hydrogens (tertiary/aromatic N) is 1. The van der Waals surface area contributed by atoms with Crippen LogP contribution < -0.4 is 11.1 Å². The Kier molecular flexibility index (Phi) is 5.06. The molecule has 0 unspecified atom stereocenters. The van der Waals surface area contributed by atoms with Crippen molar-refractivity contribution in [1.29, 1.82) is 0 Å². The SMILES string of the molecule is C[C@@H]1C(NC(=O)OC(C)(C)C)=N[C@](C)(c2cc(N)ccc2F)CS1(=O)=O. The number of rotatable bonds is 1. The number of nitrogens with two attached hydrogens (primary N) is 1. The van der Waals surface area contributed by atoms with Gasteiger partial charge in [-0.05, 0) is 52.8 Å². The van der Waals surface area contributed by atoms with Gasteiger partial charge in [-0.3, -0.25) is 10.3 Å². The summed E-state index contributed by atoms with van der Waals surface area (Å²) < 4.78 is 44.7. The van der Waals surface area contributed by atoms with E-state index in [0.29, 0.717) is 0 Å². The third-order valence-electron chi connectivity index (χ3n) is 3.97. The van der Waals surface area contributed by atoms with Gasteiger partial charge in [0.1, 0.15) is 28.0 Å². The smallest absolute Gasteiger partial charge is 0.413 e. The van der Waals surface area contributed by atoms with Crippen molar-refractivity contribution in [3.63, 3.8) is 0 Å². The first-order valence-electron chi connectivity index (χ1n) is 8.10. The molecule has 1 aliphatic heterocycles. The standard InChI is InChI=1S/C17H24FN3O4S/c1-10-14(20-15(22)25-16(2,3)4)21-17(5,9-26(10,23)24)12-8-11(19)6-7-13(12)18/h6-8,10H,9,19H2,1-5H3,(H,20,21,22)/t10-,17+/m1/s1. The summed E-state index contributed by atoms with van der Waals surface area (Å²) in [6.45, 7) is 7.96. The Morgan fingerprint density at radius 1 is 1.42 bits per heavy atom. The van der Waals surface area contributed by atoms with E-state index < -0.39 is 43.9 Å². The van der Waals surface area contributed by atoms with E-state index in [4.69, 9.17) is 10.5 Å². The predicted molar refractivity (Wildman–Crippen MR) is 98.2 cm³/mol. The predicted octanol–water partition coefficient (Wildman–Crippen LogP) is 2.36. The zero-order valence-electron chi connectivity index (χ0n) is 15.5. The summed E-state index contributed by atoms with van der Waals surface area (Å²) in [4.78, 5) is 16.4. The number of carbonyl (C=O) groups excluding carboxylic acids is 1. The molecule has 7 nitrogen and oxygen atoms in total. The second kappa shape index (κ2) is 6.53. The molecule has 0 saturated heterocycles. The fourth-order valence-corrected chi connectivity index (χ4v) is 4.41. The number of aliphatic imine (C=N–C) groups is 1. The molecule has 0 spiro atoms. The number of nitrogen functional groups attached to an aromatic ring is 1. The van der Waals surface area contributed by atoms with E-state index in [9.17, 15) is 17.6 Å². The van der Waals surface area contributed by atoms with Crippen molar-refractivity contribution in [2.24, 2.45) is 4.99 Å². The lowest BCUT2D eigenvalue weighted by Gasteiger charge is -2.34. The number of amides is 1. The van der Waals surface area contributed by atoms with E-state index >= 15 is 0 Å². The van der Waals surface area contributed by atoms with Crippen molar-refractivity contribution < 1.29 is 22.3 Å². The van der Waals surface area contributed by atoms with Crippen LogP contribution in [-0.4, -0.2) is 37.0 Å². The summed E-state index contributed by atoms with van der Waals surface area (Å²) >= 11 is 0. The first kappa shape index (κ1) is 20.2. The number of hydrogen-bond donors (Lipinski definition) is 2. The molecule has 0 fully saturated rings. The number of carbonyl (C=O) groups is 1. The summed E-state index contributed by atoms with van der Waals surface area (Å²) in [5, 5.41) is 1.35. The van der Waals surface area contributed by atoms with Crippen molar-refractivity contribution >= 4 is 27.5 Å². The van der Waals surface area contributed by atoms with Gasteiger partial charge in [-0.1, -0.05) is 0 Å². The number of halogens is 1. The third kappa shape index (κ3) is 4.32. The number of anilines is 1. The van der Waals surface area contributed by atoms with Gasteiger partial charge in [0, 0.05) is 11.3 Å². The van der Waals surface area contributed by atoms with Gasteiger partial charge in [0.2, 0.25) is 0 Å². The second-order valence-electron chi connectivity index (χ2n) is 7.59. The van der Waals surface area contributed by atoms with Crippen LogP contribution in [0.4, 0.5) is 14.9 Å². The molecular weight excluding hydrogens is 361 g/mol. The molecule has 1 aromatic carbocycles. The lowest BCUT2D eigenvalue weighted by Crippen LogP contribution is -2.51. The number of nitrogens with one attached hydrogen (secondary N) is 1. The van der Waals surface area contributed by atoms with E-state index in [0.717, 1.165) is 6.07 Å². The molecule has 1 aromatic rings. The Morgan fingerprint density at radius 3 is 2.62 bits per heavy atom. The second-order valence-corrected chi connectivity index (χ2v) is 9.91. The molecule has 144 valence electrons. The minimum Gasteiger partial charge on any atom is -0.444 e. The molecule has 1 amide bonds. The highest BCUT2D eigenvalue weighted by molar-refractivity contribution is 7.92. The van der Waals surface area contributed by atoms with Crippen LogP contribution in [0.25, 0.3) is 0 Å². The summed E-state index contributed by atoms with van der Waals surface area (Å²) in [6.07, 6.45) is -0.824. The average Bonchev–Trinajstić information content (AvgIpc) is 2.44. The van der Waals surface area contributed by atoms with Crippen LogP contribution in [0.15, 0.2) is 23.2 Å². The van der Waals surface area contributed by atoms with Gasteiger partial charge in [0.05, 0.1) is 5.75 Å².